The van der Waals surface area contributed by atoms with E-state index in [1.165, 1.54) is 25.7 Å². The summed E-state index contributed by atoms with van der Waals surface area (Å²) in [5, 5.41) is 0.585. The minimum atomic E-state index is -0.142. The number of nitrogens with one attached hydrogen (secondary N) is 1. The zero-order valence-electron chi connectivity index (χ0n) is 14.9. The number of nitrogens with zero attached hydrogens (tertiary/aromatic N) is 2. The number of hydrogen-bond acceptors (Lipinski definition) is 3. The van der Waals surface area contributed by atoms with Crippen molar-refractivity contribution in [1.29, 1.82) is 0 Å². The molecule has 0 bridgehead atoms. The third-order valence-corrected chi connectivity index (χ3v) is 5.83. The van der Waals surface area contributed by atoms with Crippen LogP contribution in [0.25, 0.3) is 10.9 Å². The van der Waals surface area contributed by atoms with E-state index in [1.807, 2.05) is 36.9 Å². The highest BCUT2D eigenvalue weighted by Gasteiger charge is 2.55. The molecule has 1 amide bonds. The van der Waals surface area contributed by atoms with Gasteiger partial charge < -0.3 is 9.88 Å². The Kier molecular flexibility index (Phi) is 4.10. The number of carbonyl (C=O) groups excluding carboxylic acids is 1. The molecule has 1 heterocycles. The van der Waals surface area contributed by atoms with E-state index in [0.29, 0.717) is 35.1 Å². The number of para-hydroxylation sites is 1. The van der Waals surface area contributed by atoms with Gasteiger partial charge in [0.05, 0.1) is 17.4 Å². The summed E-state index contributed by atoms with van der Waals surface area (Å²) >= 11 is 0. The molecular formula is C20H25N3O2. The van der Waals surface area contributed by atoms with Crippen LogP contribution in [0.2, 0.25) is 0 Å². The first-order chi connectivity index (χ1) is 12.1. The lowest BCUT2D eigenvalue weighted by Crippen LogP contribution is -2.39. The number of rotatable bonds is 4. The van der Waals surface area contributed by atoms with Crippen molar-refractivity contribution in [3.8, 4) is 0 Å². The van der Waals surface area contributed by atoms with Crippen molar-refractivity contribution in [2.24, 2.45) is 17.8 Å². The standard InChI is InChI=1S/C20H25N3O2/c1-12(2)23(20(25)18-13-7-3-4-8-14(13)18)11-17-21-16-10-6-5-9-15(16)19(24)22-17/h5-6,9-10,12-14,18H,3-4,7-8,11H2,1-2H3,(H,21,22,24)/t13-,14-/m1/s1. The summed E-state index contributed by atoms with van der Waals surface area (Å²) in [6.45, 7) is 4.43. The molecule has 2 atom stereocenters. The summed E-state index contributed by atoms with van der Waals surface area (Å²) in [4.78, 5) is 34.6. The lowest BCUT2D eigenvalue weighted by molar-refractivity contribution is -0.135. The fourth-order valence-corrected chi connectivity index (χ4v) is 4.44. The van der Waals surface area contributed by atoms with Gasteiger partial charge in [-0.1, -0.05) is 25.0 Å². The molecule has 1 aromatic carbocycles. The van der Waals surface area contributed by atoms with Crippen LogP contribution in [0.1, 0.15) is 45.4 Å². The lowest BCUT2D eigenvalue weighted by atomic mass is 10.0. The van der Waals surface area contributed by atoms with Crippen LogP contribution < -0.4 is 5.56 Å². The van der Waals surface area contributed by atoms with Crippen molar-refractivity contribution >= 4 is 16.8 Å². The van der Waals surface area contributed by atoms with Gasteiger partial charge in [0.15, 0.2) is 0 Å². The number of aromatic amines is 1. The molecule has 2 saturated carbocycles. The zero-order valence-corrected chi connectivity index (χ0v) is 14.9. The van der Waals surface area contributed by atoms with E-state index in [9.17, 15) is 9.59 Å². The van der Waals surface area contributed by atoms with Crippen LogP contribution in [0.3, 0.4) is 0 Å². The predicted octanol–water partition coefficient (Wildman–Crippen LogP) is 3.10. The molecule has 2 aromatic rings. The van der Waals surface area contributed by atoms with Gasteiger partial charge in [-0.25, -0.2) is 4.98 Å². The second-order valence-corrected chi connectivity index (χ2v) is 7.73. The Morgan fingerprint density at radius 3 is 2.60 bits per heavy atom. The van der Waals surface area contributed by atoms with Gasteiger partial charge in [0.2, 0.25) is 5.91 Å². The van der Waals surface area contributed by atoms with Crippen molar-refractivity contribution in [2.75, 3.05) is 0 Å². The van der Waals surface area contributed by atoms with Crippen LogP contribution in [-0.4, -0.2) is 26.8 Å². The average molecular weight is 339 g/mol. The van der Waals surface area contributed by atoms with E-state index >= 15 is 0 Å². The highest BCUT2D eigenvalue weighted by Crippen LogP contribution is 2.56. The normalized spacial score (nSPS) is 25.0. The molecule has 4 rings (SSSR count). The highest BCUT2D eigenvalue weighted by molar-refractivity contribution is 5.83. The summed E-state index contributed by atoms with van der Waals surface area (Å²) < 4.78 is 0. The first-order valence-electron chi connectivity index (χ1n) is 9.34. The number of fused-ring (bicyclic) bond motifs is 2. The lowest BCUT2D eigenvalue weighted by Gasteiger charge is -2.26. The average Bonchev–Trinajstić information content (AvgIpc) is 3.33. The Hall–Kier alpha value is -2.17. The Balaban J connectivity index is 1.58. The van der Waals surface area contributed by atoms with Crippen LogP contribution in [0.15, 0.2) is 29.1 Å². The first kappa shape index (κ1) is 16.3. The molecule has 0 spiro atoms. The number of amides is 1. The summed E-state index contributed by atoms with van der Waals surface area (Å²) in [5.41, 5.74) is 0.536. The van der Waals surface area contributed by atoms with E-state index in [-0.39, 0.29) is 23.4 Å². The quantitative estimate of drug-likeness (QED) is 0.931. The molecule has 0 unspecified atom stereocenters. The number of benzene rings is 1. The third kappa shape index (κ3) is 2.96. The van der Waals surface area contributed by atoms with Gasteiger partial charge in [-0.15, -0.1) is 0 Å². The summed E-state index contributed by atoms with van der Waals surface area (Å²) in [5.74, 6) is 2.17. The molecule has 0 radical (unpaired) electrons. The topological polar surface area (TPSA) is 66.1 Å². The van der Waals surface area contributed by atoms with Crippen molar-refractivity contribution in [2.45, 2.75) is 52.1 Å². The molecule has 2 fully saturated rings. The van der Waals surface area contributed by atoms with E-state index in [2.05, 4.69) is 9.97 Å². The molecule has 132 valence electrons. The molecule has 2 aliphatic carbocycles. The Bertz CT molecular complexity index is 845. The fraction of sp³-hybridized carbons (Fsp3) is 0.550. The number of carbonyl (C=O) groups is 1. The summed E-state index contributed by atoms with van der Waals surface area (Å²) in [6, 6.07) is 7.40. The SMILES string of the molecule is CC(C)N(Cc1nc2ccccc2c(=O)[nH]1)C(=O)C1[C@@H]2CCCC[C@@H]12. The molecule has 5 nitrogen and oxygen atoms in total. The van der Waals surface area contributed by atoms with Crippen molar-refractivity contribution < 1.29 is 4.79 Å². The fourth-order valence-electron chi connectivity index (χ4n) is 4.44. The molecule has 5 heteroatoms. The third-order valence-electron chi connectivity index (χ3n) is 5.83. The second kappa shape index (κ2) is 6.28. The maximum absolute atomic E-state index is 13.1. The Morgan fingerprint density at radius 1 is 1.24 bits per heavy atom. The first-order valence-corrected chi connectivity index (χ1v) is 9.34. The van der Waals surface area contributed by atoms with Crippen molar-refractivity contribution in [3.63, 3.8) is 0 Å². The van der Waals surface area contributed by atoms with Gasteiger partial charge in [0.1, 0.15) is 5.82 Å². The molecule has 25 heavy (non-hydrogen) atoms. The van der Waals surface area contributed by atoms with E-state index in [4.69, 9.17) is 0 Å². The van der Waals surface area contributed by atoms with E-state index < -0.39 is 0 Å². The largest absolute Gasteiger partial charge is 0.333 e. The van der Waals surface area contributed by atoms with Gasteiger partial charge in [-0.3, -0.25) is 9.59 Å². The monoisotopic (exact) mass is 339 g/mol. The molecule has 1 N–H and O–H groups in total. The van der Waals surface area contributed by atoms with Gasteiger partial charge in [0, 0.05) is 12.0 Å². The molecular weight excluding hydrogens is 314 g/mol. The highest BCUT2D eigenvalue weighted by atomic mass is 16.2. The van der Waals surface area contributed by atoms with Crippen LogP contribution in [-0.2, 0) is 11.3 Å². The second-order valence-electron chi connectivity index (χ2n) is 7.73. The van der Waals surface area contributed by atoms with Crippen LogP contribution in [0.5, 0.6) is 0 Å². The molecule has 1 aromatic heterocycles. The molecule has 0 aliphatic heterocycles. The maximum Gasteiger partial charge on any atom is 0.258 e. The van der Waals surface area contributed by atoms with Gasteiger partial charge in [-0.05, 0) is 50.7 Å². The minimum absolute atomic E-state index is 0.0897. The smallest absolute Gasteiger partial charge is 0.258 e. The zero-order chi connectivity index (χ0) is 17.6. The van der Waals surface area contributed by atoms with E-state index in [1.54, 1.807) is 6.07 Å². The van der Waals surface area contributed by atoms with Crippen LogP contribution in [0.4, 0.5) is 0 Å². The maximum atomic E-state index is 13.1. The number of aromatic nitrogens is 2. The molecule has 2 aliphatic rings. The van der Waals surface area contributed by atoms with Crippen molar-refractivity contribution in [3.05, 3.63) is 40.4 Å². The van der Waals surface area contributed by atoms with Gasteiger partial charge >= 0.3 is 0 Å². The number of hydrogen-bond donors (Lipinski definition) is 1. The van der Waals surface area contributed by atoms with Crippen molar-refractivity contribution in [1.82, 2.24) is 14.9 Å². The molecule has 0 saturated heterocycles. The summed E-state index contributed by atoms with van der Waals surface area (Å²) in [7, 11) is 0. The van der Waals surface area contributed by atoms with Crippen LogP contribution >= 0.6 is 0 Å². The van der Waals surface area contributed by atoms with Crippen LogP contribution in [0, 0.1) is 17.8 Å². The Labute approximate surface area is 147 Å². The predicted molar refractivity (Wildman–Crippen MR) is 97.0 cm³/mol. The number of H-pyrrole nitrogens is 1. The van der Waals surface area contributed by atoms with E-state index in [0.717, 1.165) is 0 Å². The Morgan fingerprint density at radius 2 is 1.92 bits per heavy atom. The summed E-state index contributed by atoms with van der Waals surface area (Å²) in [6.07, 6.45) is 4.90. The minimum Gasteiger partial charge on any atom is -0.333 e. The van der Waals surface area contributed by atoms with Gasteiger partial charge in [0.25, 0.3) is 5.56 Å². The van der Waals surface area contributed by atoms with Gasteiger partial charge in [-0.2, -0.15) is 0 Å².